The minimum absolute atomic E-state index is 0.176. The zero-order valence-corrected chi connectivity index (χ0v) is 24.0. The fourth-order valence-electron chi connectivity index (χ4n) is 7.90. The maximum absolute atomic E-state index is 12.6. The van der Waals surface area contributed by atoms with Gasteiger partial charge >= 0.3 is 0 Å². The molecule has 0 radical (unpaired) electrons. The second kappa shape index (κ2) is 17.5. The second-order valence-corrected chi connectivity index (χ2v) is 13.0. The van der Waals surface area contributed by atoms with Crippen LogP contribution in [0.3, 0.4) is 0 Å². The predicted octanol–water partition coefficient (Wildman–Crippen LogP) is 7.17. The molecule has 4 rings (SSSR count). The lowest BCUT2D eigenvalue weighted by Gasteiger charge is -2.56. The summed E-state index contributed by atoms with van der Waals surface area (Å²) in [7, 11) is 0. The Bertz CT molecular complexity index is 615. The topological polar surface area (TPSA) is 84.2 Å². The molecule has 4 saturated carbocycles. The molecule has 4 N–H and O–H groups in total. The lowest BCUT2D eigenvalue weighted by atomic mass is 9.53. The van der Waals surface area contributed by atoms with Crippen molar-refractivity contribution >= 4 is 11.8 Å². The molecule has 2 amide bonds. The first-order chi connectivity index (χ1) is 18.1. The largest absolute Gasteiger partial charge is 0.356 e. The highest BCUT2D eigenvalue weighted by atomic mass is 16.2. The number of carbonyl (C=O) groups is 2. The van der Waals surface area contributed by atoms with Gasteiger partial charge in [0.25, 0.3) is 0 Å². The Labute approximate surface area is 228 Å². The second-order valence-electron chi connectivity index (χ2n) is 13.0. The fourth-order valence-corrected chi connectivity index (χ4v) is 7.90. The summed E-state index contributed by atoms with van der Waals surface area (Å²) in [6.07, 6.45) is 28.8. The van der Waals surface area contributed by atoms with Gasteiger partial charge in [0.05, 0.1) is 0 Å². The van der Waals surface area contributed by atoms with Gasteiger partial charge in [-0.3, -0.25) is 9.59 Å². The van der Waals surface area contributed by atoms with E-state index in [9.17, 15) is 9.59 Å². The first-order valence-electron chi connectivity index (χ1n) is 16.4. The molecule has 0 aromatic heterocycles. The van der Waals surface area contributed by atoms with Gasteiger partial charge in [-0.1, -0.05) is 77.0 Å². The third-order valence-corrected chi connectivity index (χ3v) is 9.45. The Balaban J connectivity index is 1.04. The highest BCUT2D eigenvalue weighted by molar-refractivity contribution is 5.77. The Morgan fingerprint density at radius 2 is 0.973 bits per heavy atom. The molecule has 4 bridgehead atoms. The van der Waals surface area contributed by atoms with Crippen LogP contribution in [0, 0.1) is 17.8 Å². The van der Waals surface area contributed by atoms with E-state index in [0.717, 1.165) is 62.9 Å². The smallest absolute Gasteiger partial charge is 0.220 e. The zero-order chi connectivity index (χ0) is 26.2. The molecule has 5 heteroatoms. The van der Waals surface area contributed by atoms with Crippen molar-refractivity contribution in [3.8, 4) is 0 Å². The van der Waals surface area contributed by atoms with E-state index in [4.69, 9.17) is 5.73 Å². The molecule has 0 aromatic rings. The molecule has 0 saturated heterocycles. The van der Waals surface area contributed by atoms with Crippen LogP contribution in [0.1, 0.15) is 154 Å². The summed E-state index contributed by atoms with van der Waals surface area (Å²) in [5, 5.41) is 6.61. The van der Waals surface area contributed by atoms with E-state index in [-0.39, 0.29) is 11.4 Å². The fraction of sp³-hybridized carbons (Fsp3) is 0.938. The van der Waals surface area contributed by atoms with E-state index < -0.39 is 0 Å². The van der Waals surface area contributed by atoms with Crippen LogP contribution in [0.4, 0.5) is 0 Å². The van der Waals surface area contributed by atoms with Crippen LogP contribution >= 0.6 is 0 Å². The highest BCUT2D eigenvalue weighted by Crippen LogP contribution is 2.55. The van der Waals surface area contributed by atoms with E-state index in [1.54, 1.807) is 0 Å². The number of carbonyl (C=O) groups excluding carboxylic acids is 2. The summed E-state index contributed by atoms with van der Waals surface area (Å²) in [6.45, 7) is 1.65. The molecule has 4 aliphatic carbocycles. The number of hydrogen-bond donors (Lipinski definition) is 3. The molecule has 4 aliphatic rings. The Kier molecular flexibility index (Phi) is 14.4. The van der Waals surface area contributed by atoms with Crippen LogP contribution in [-0.2, 0) is 9.59 Å². The number of nitrogens with two attached hydrogens (primary N) is 1. The average Bonchev–Trinajstić information content (AvgIpc) is 2.85. The molecule has 0 aromatic carbocycles. The molecule has 0 heterocycles. The standard InChI is InChI=1S/C32H59N3O2/c33-19-15-11-7-3-1-5-9-13-17-30(36)34-20-16-12-8-4-2-6-10-14-18-31(37)35-32-24-27-21-28(25-32)23-29(22-27)26-32/h27-29H,1-26,33H2,(H,34,36)(H,35,37). The van der Waals surface area contributed by atoms with Gasteiger partial charge < -0.3 is 16.4 Å². The van der Waals surface area contributed by atoms with Crippen molar-refractivity contribution < 1.29 is 9.59 Å². The minimum Gasteiger partial charge on any atom is -0.356 e. The summed E-state index contributed by atoms with van der Waals surface area (Å²) >= 11 is 0. The quantitative estimate of drug-likeness (QED) is 0.133. The van der Waals surface area contributed by atoms with E-state index in [0.29, 0.717) is 12.3 Å². The van der Waals surface area contributed by atoms with Gasteiger partial charge in [-0.15, -0.1) is 0 Å². The van der Waals surface area contributed by atoms with Gasteiger partial charge in [0.2, 0.25) is 11.8 Å². The monoisotopic (exact) mass is 517 g/mol. The molecule has 0 atom stereocenters. The minimum atomic E-state index is 0.176. The first kappa shape index (κ1) is 30.4. The molecule has 37 heavy (non-hydrogen) atoms. The maximum Gasteiger partial charge on any atom is 0.220 e. The average molecular weight is 518 g/mol. The van der Waals surface area contributed by atoms with Crippen LogP contribution < -0.4 is 16.4 Å². The van der Waals surface area contributed by atoms with E-state index in [1.165, 1.54) is 116 Å². The van der Waals surface area contributed by atoms with Crippen molar-refractivity contribution in [3.63, 3.8) is 0 Å². The first-order valence-corrected chi connectivity index (χ1v) is 16.4. The summed E-state index contributed by atoms with van der Waals surface area (Å²) in [5.41, 5.74) is 5.69. The van der Waals surface area contributed by atoms with E-state index in [2.05, 4.69) is 10.6 Å². The molecule has 0 aliphatic heterocycles. The van der Waals surface area contributed by atoms with Gasteiger partial charge in [-0.25, -0.2) is 0 Å². The summed E-state index contributed by atoms with van der Waals surface area (Å²) in [5.74, 6) is 3.23. The molecule has 0 spiro atoms. The van der Waals surface area contributed by atoms with Crippen molar-refractivity contribution in [1.29, 1.82) is 0 Å². The number of unbranched alkanes of at least 4 members (excludes halogenated alkanes) is 14. The van der Waals surface area contributed by atoms with Gasteiger partial charge in [0.1, 0.15) is 0 Å². The van der Waals surface area contributed by atoms with E-state index >= 15 is 0 Å². The SMILES string of the molecule is NCCCCCCCCCCC(=O)NCCCCCCCCCCC(=O)NC12CC3CC(CC(C3)C1)C2. The highest BCUT2D eigenvalue weighted by Gasteiger charge is 2.51. The van der Waals surface area contributed by atoms with Crippen LogP contribution in [0.15, 0.2) is 0 Å². The molecular weight excluding hydrogens is 458 g/mol. The number of hydrogen-bond acceptors (Lipinski definition) is 3. The predicted molar refractivity (Wildman–Crippen MR) is 154 cm³/mol. The van der Waals surface area contributed by atoms with Crippen molar-refractivity contribution in [3.05, 3.63) is 0 Å². The molecule has 0 unspecified atom stereocenters. The van der Waals surface area contributed by atoms with E-state index in [1.807, 2.05) is 0 Å². The van der Waals surface area contributed by atoms with Gasteiger partial charge in [-0.2, -0.15) is 0 Å². The van der Waals surface area contributed by atoms with Gasteiger partial charge in [0.15, 0.2) is 0 Å². The van der Waals surface area contributed by atoms with Gasteiger partial charge in [-0.05, 0) is 88.5 Å². The van der Waals surface area contributed by atoms with Crippen molar-refractivity contribution in [2.45, 2.75) is 160 Å². The van der Waals surface area contributed by atoms with Crippen LogP contribution in [0.25, 0.3) is 0 Å². The Morgan fingerprint density at radius 3 is 1.46 bits per heavy atom. The molecule has 5 nitrogen and oxygen atoms in total. The number of nitrogens with one attached hydrogen (secondary N) is 2. The molecule has 214 valence electrons. The lowest BCUT2D eigenvalue weighted by molar-refractivity contribution is -0.127. The third-order valence-electron chi connectivity index (χ3n) is 9.45. The van der Waals surface area contributed by atoms with Crippen molar-refractivity contribution in [1.82, 2.24) is 10.6 Å². The zero-order valence-electron chi connectivity index (χ0n) is 24.0. The normalized spacial score (nSPS) is 25.9. The van der Waals surface area contributed by atoms with Crippen LogP contribution in [-0.4, -0.2) is 30.4 Å². The Morgan fingerprint density at radius 1 is 0.568 bits per heavy atom. The molecule has 4 fully saturated rings. The summed E-state index contributed by atoms with van der Waals surface area (Å²) in [4.78, 5) is 24.6. The van der Waals surface area contributed by atoms with Crippen molar-refractivity contribution in [2.24, 2.45) is 23.5 Å². The van der Waals surface area contributed by atoms with Crippen LogP contribution in [0.2, 0.25) is 0 Å². The Hall–Kier alpha value is -1.10. The summed E-state index contributed by atoms with van der Waals surface area (Å²) < 4.78 is 0. The third kappa shape index (κ3) is 12.1. The number of amides is 2. The van der Waals surface area contributed by atoms with Gasteiger partial charge in [0, 0.05) is 24.9 Å². The number of rotatable bonds is 22. The molecular formula is C32H59N3O2. The van der Waals surface area contributed by atoms with Crippen molar-refractivity contribution in [2.75, 3.05) is 13.1 Å². The lowest BCUT2D eigenvalue weighted by Crippen LogP contribution is -2.59. The summed E-state index contributed by atoms with van der Waals surface area (Å²) in [6, 6.07) is 0. The van der Waals surface area contributed by atoms with Crippen LogP contribution in [0.5, 0.6) is 0 Å². The maximum atomic E-state index is 12.6.